The fourth-order valence-electron chi connectivity index (χ4n) is 1.61. The number of nitrogens with zero attached hydrogens (tertiary/aromatic N) is 1. The number of nitrogens with two attached hydrogens (primary N) is 1. The molecule has 0 bridgehead atoms. The Bertz CT molecular complexity index is 718. The Morgan fingerprint density at radius 2 is 2.10 bits per heavy atom. The first kappa shape index (κ1) is 15.6. The van der Waals surface area contributed by atoms with Gasteiger partial charge in [-0.3, -0.25) is 14.9 Å². The number of non-ortho nitro benzene ring substituents is 1. The highest BCUT2D eigenvalue weighted by atomic mass is 35.5. The minimum Gasteiger partial charge on any atom is -0.397 e. The van der Waals surface area contributed by atoms with E-state index in [1.807, 2.05) is 0 Å². The average molecular weight is 346 g/mol. The van der Waals surface area contributed by atoms with Gasteiger partial charge >= 0.3 is 0 Å². The van der Waals surface area contributed by atoms with Crippen LogP contribution in [0.5, 0.6) is 0 Å². The van der Waals surface area contributed by atoms with Gasteiger partial charge in [0.1, 0.15) is 0 Å². The van der Waals surface area contributed by atoms with Gasteiger partial charge in [0.15, 0.2) is 0 Å². The predicted octanol–water partition coefficient (Wildman–Crippen LogP) is 3.48. The largest absolute Gasteiger partial charge is 0.397 e. The van der Waals surface area contributed by atoms with E-state index < -0.39 is 10.8 Å². The summed E-state index contributed by atoms with van der Waals surface area (Å²) in [7, 11) is 0. The summed E-state index contributed by atoms with van der Waals surface area (Å²) in [6.07, 6.45) is 0. The Morgan fingerprint density at radius 1 is 1.38 bits per heavy atom. The van der Waals surface area contributed by atoms with E-state index in [0.717, 1.165) is 17.0 Å². The van der Waals surface area contributed by atoms with Crippen LogP contribution in [0.1, 0.15) is 15.2 Å². The molecule has 21 heavy (non-hydrogen) atoms. The number of carbonyl (C=O) groups is 1. The molecule has 0 fully saturated rings. The van der Waals surface area contributed by atoms with Crippen LogP contribution in [0.2, 0.25) is 9.36 Å². The van der Waals surface area contributed by atoms with Gasteiger partial charge in [-0.25, -0.2) is 0 Å². The molecule has 0 saturated carbocycles. The molecule has 110 valence electrons. The van der Waals surface area contributed by atoms with E-state index in [1.54, 1.807) is 12.1 Å². The molecular weight excluding hydrogens is 337 g/mol. The third-order valence-electron chi connectivity index (χ3n) is 2.62. The van der Waals surface area contributed by atoms with Crippen molar-refractivity contribution in [3.8, 4) is 0 Å². The molecule has 0 saturated heterocycles. The summed E-state index contributed by atoms with van der Waals surface area (Å²) < 4.78 is 0.608. The molecule has 0 aliphatic carbocycles. The van der Waals surface area contributed by atoms with Gasteiger partial charge in [-0.1, -0.05) is 23.2 Å². The maximum absolute atomic E-state index is 12.1. The van der Waals surface area contributed by atoms with Gasteiger partial charge in [0.2, 0.25) is 0 Å². The Kier molecular flexibility index (Phi) is 4.66. The fourth-order valence-corrected chi connectivity index (χ4v) is 2.85. The number of anilines is 1. The van der Waals surface area contributed by atoms with Crippen molar-refractivity contribution < 1.29 is 9.72 Å². The molecule has 0 unspecified atom stereocenters. The lowest BCUT2D eigenvalue weighted by Crippen LogP contribution is -2.23. The lowest BCUT2D eigenvalue weighted by atomic mass is 10.1. The molecule has 2 rings (SSSR count). The number of benzene rings is 1. The maximum Gasteiger partial charge on any atom is 0.271 e. The zero-order chi connectivity index (χ0) is 15.6. The van der Waals surface area contributed by atoms with Crippen molar-refractivity contribution in [3.05, 3.63) is 54.2 Å². The number of thiophene rings is 1. The van der Waals surface area contributed by atoms with Gasteiger partial charge in [0.05, 0.1) is 32.1 Å². The second kappa shape index (κ2) is 6.30. The smallest absolute Gasteiger partial charge is 0.271 e. The first-order valence-electron chi connectivity index (χ1n) is 5.64. The second-order valence-corrected chi connectivity index (χ2v) is 6.24. The van der Waals surface area contributed by atoms with E-state index in [2.05, 4.69) is 5.32 Å². The lowest BCUT2D eigenvalue weighted by Gasteiger charge is -2.08. The first-order valence-corrected chi connectivity index (χ1v) is 7.21. The number of nitrogen functional groups attached to an aromatic ring is 1. The molecule has 1 amide bonds. The van der Waals surface area contributed by atoms with Crippen molar-refractivity contribution in [1.29, 1.82) is 0 Å². The summed E-state index contributed by atoms with van der Waals surface area (Å²) in [5, 5.41) is 13.4. The Labute approximate surface area is 133 Å². The third kappa shape index (κ3) is 3.63. The second-order valence-electron chi connectivity index (χ2n) is 4.03. The van der Waals surface area contributed by atoms with Crippen molar-refractivity contribution in [2.24, 2.45) is 0 Å². The molecule has 0 aliphatic rings. The fraction of sp³-hybridized carbons (Fsp3) is 0.0833. The molecule has 0 atom stereocenters. The minimum atomic E-state index is -0.638. The molecular formula is C12H9Cl2N3O3S. The van der Waals surface area contributed by atoms with Gasteiger partial charge < -0.3 is 11.1 Å². The zero-order valence-electron chi connectivity index (χ0n) is 10.4. The van der Waals surface area contributed by atoms with Crippen LogP contribution in [-0.2, 0) is 6.54 Å². The van der Waals surface area contributed by atoms with Crippen molar-refractivity contribution in [3.63, 3.8) is 0 Å². The van der Waals surface area contributed by atoms with E-state index in [4.69, 9.17) is 28.9 Å². The number of hydrogen-bond donors (Lipinski definition) is 2. The highest BCUT2D eigenvalue weighted by molar-refractivity contribution is 7.16. The molecule has 0 spiro atoms. The molecule has 1 aromatic carbocycles. The van der Waals surface area contributed by atoms with Crippen LogP contribution >= 0.6 is 34.5 Å². The summed E-state index contributed by atoms with van der Waals surface area (Å²) >= 11 is 12.9. The van der Waals surface area contributed by atoms with E-state index >= 15 is 0 Å². The van der Waals surface area contributed by atoms with Crippen molar-refractivity contribution in [2.75, 3.05) is 5.73 Å². The van der Waals surface area contributed by atoms with Crippen molar-refractivity contribution in [1.82, 2.24) is 5.32 Å². The number of nitro groups is 1. The molecule has 1 aromatic heterocycles. The SMILES string of the molecule is Nc1c(Cl)cc([N+](=O)[O-])cc1C(=O)NCc1ccc(Cl)s1. The van der Waals surface area contributed by atoms with Crippen LogP contribution in [0.4, 0.5) is 11.4 Å². The summed E-state index contributed by atoms with van der Waals surface area (Å²) in [5.74, 6) is -0.539. The summed E-state index contributed by atoms with van der Waals surface area (Å²) in [6, 6.07) is 5.69. The molecule has 6 nitrogen and oxygen atoms in total. The first-order chi connectivity index (χ1) is 9.88. The van der Waals surface area contributed by atoms with Crippen LogP contribution in [0, 0.1) is 10.1 Å². The van der Waals surface area contributed by atoms with Crippen molar-refractivity contribution >= 4 is 51.8 Å². The van der Waals surface area contributed by atoms with Crippen LogP contribution < -0.4 is 11.1 Å². The van der Waals surface area contributed by atoms with Gasteiger partial charge in [-0.05, 0) is 12.1 Å². The number of nitro benzene ring substituents is 1. The van der Waals surface area contributed by atoms with Crippen LogP contribution in [0.3, 0.4) is 0 Å². The molecule has 2 aromatic rings. The summed E-state index contributed by atoms with van der Waals surface area (Å²) in [4.78, 5) is 23.1. The van der Waals surface area contributed by atoms with E-state index in [0.29, 0.717) is 4.34 Å². The number of hydrogen-bond acceptors (Lipinski definition) is 5. The van der Waals surface area contributed by atoms with Gasteiger partial charge in [-0.2, -0.15) is 0 Å². The topological polar surface area (TPSA) is 98.3 Å². The average Bonchev–Trinajstić information content (AvgIpc) is 2.84. The number of rotatable bonds is 4. The molecule has 1 heterocycles. The summed E-state index contributed by atoms with van der Waals surface area (Å²) in [5.41, 5.74) is 5.37. The third-order valence-corrected chi connectivity index (χ3v) is 4.17. The normalized spacial score (nSPS) is 10.4. The molecule has 0 aliphatic heterocycles. The van der Waals surface area contributed by atoms with Crippen LogP contribution in [-0.4, -0.2) is 10.8 Å². The molecule has 9 heteroatoms. The number of halogens is 2. The number of carbonyl (C=O) groups excluding carboxylic acids is 1. The van der Waals surface area contributed by atoms with E-state index in [1.165, 1.54) is 11.3 Å². The highest BCUT2D eigenvalue weighted by Crippen LogP contribution is 2.29. The predicted molar refractivity (Wildman–Crippen MR) is 83.0 cm³/mol. The maximum atomic E-state index is 12.1. The van der Waals surface area contributed by atoms with Gasteiger partial charge in [-0.15, -0.1) is 11.3 Å². The zero-order valence-corrected chi connectivity index (χ0v) is 12.8. The quantitative estimate of drug-likeness (QED) is 0.503. The lowest BCUT2D eigenvalue weighted by molar-refractivity contribution is -0.384. The van der Waals surface area contributed by atoms with Gasteiger partial charge in [0.25, 0.3) is 11.6 Å². The highest BCUT2D eigenvalue weighted by Gasteiger charge is 2.18. The minimum absolute atomic E-state index is 0.00368. The molecule has 0 radical (unpaired) electrons. The van der Waals surface area contributed by atoms with E-state index in [-0.39, 0.29) is 28.5 Å². The monoisotopic (exact) mass is 345 g/mol. The van der Waals surface area contributed by atoms with E-state index in [9.17, 15) is 14.9 Å². The number of nitrogens with one attached hydrogen (secondary N) is 1. The van der Waals surface area contributed by atoms with Crippen molar-refractivity contribution in [2.45, 2.75) is 6.54 Å². The standard InChI is InChI=1S/C12H9Cl2N3O3S/c13-9-4-6(17(19)20)3-8(11(9)15)12(18)16-5-7-1-2-10(14)21-7/h1-4H,5,15H2,(H,16,18). The molecule has 3 N–H and O–H groups in total. The van der Waals surface area contributed by atoms with Gasteiger partial charge in [0, 0.05) is 17.0 Å². The summed E-state index contributed by atoms with van der Waals surface area (Å²) in [6.45, 7) is 0.246. The Balaban J connectivity index is 2.20. The Hall–Kier alpha value is -1.83. The Morgan fingerprint density at radius 3 is 2.67 bits per heavy atom. The number of amides is 1. The van der Waals surface area contributed by atoms with Crippen LogP contribution in [0.15, 0.2) is 24.3 Å². The van der Waals surface area contributed by atoms with Crippen LogP contribution in [0.25, 0.3) is 0 Å².